The van der Waals surface area contributed by atoms with Gasteiger partial charge in [-0.3, -0.25) is 0 Å². The third kappa shape index (κ3) is 4.41. The van der Waals surface area contributed by atoms with Crippen molar-refractivity contribution in [3.63, 3.8) is 0 Å². The molecular weight excluding hydrogens is 310 g/mol. The summed E-state index contributed by atoms with van der Waals surface area (Å²) in [6, 6.07) is 12.3. The zero-order chi connectivity index (χ0) is 17.3. The van der Waals surface area contributed by atoms with Crippen LogP contribution >= 0.6 is 0 Å². The second-order valence-corrected chi connectivity index (χ2v) is 8.09. The van der Waals surface area contributed by atoms with Gasteiger partial charge in [0.25, 0.3) is 0 Å². The fourth-order valence-electron chi connectivity index (χ4n) is 2.17. The SMILES string of the molecule is Cc1ccc(S(=O)(=O)NCc2ccc(C(C)(C)O)cc2)cc1C. The van der Waals surface area contributed by atoms with Crippen molar-refractivity contribution in [2.24, 2.45) is 0 Å². The molecule has 2 aromatic rings. The molecule has 0 bridgehead atoms. The molecule has 23 heavy (non-hydrogen) atoms. The number of rotatable bonds is 5. The Balaban J connectivity index is 2.11. The van der Waals surface area contributed by atoms with Crippen molar-refractivity contribution in [1.29, 1.82) is 0 Å². The molecule has 2 aromatic carbocycles. The zero-order valence-electron chi connectivity index (χ0n) is 13.9. The minimum absolute atomic E-state index is 0.210. The number of sulfonamides is 1. The Hall–Kier alpha value is -1.69. The van der Waals surface area contributed by atoms with Crippen molar-refractivity contribution in [3.8, 4) is 0 Å². The van der Waals surface area contributed by atoms with Crippen LogP contribution in [0.15, 0.2) is 47.4 Å². The predicted octanol–water partition coefficient (Wildman–Crippen LogP) is 3.01. The molecule has 0 spiro atoms. The quantitative estimate of drug-likeness (QED) is 0.884. The molecule has 0 unspecified atom stereocenters. The lowest BCUT2D eigenvalue weighted by Gasteiger charge is -2.18. The van der Waals surface area contributed by atoms with Gasteiger partial charge in [-0.25, -0.2) is 13.1 Å². The van der Waals surface area contributed by atoms with E-state index in [4.69, 9.17) is 0 Å². The number of nitrogens with one attached hydrogen (secondary N) is 1. The molecule has 0 fully saturated rings. The Morgan fingerprint density at radius 1 is 1.00 bits per heavy atom. The van der Waals surface area contributed by atoms with Crippen LogP contribution in [0.1, 0.15) is 36.1 Å². The van der Waals surface area contributed by atoms with Gasteiger partial charge in [0.2, 0.25) is 10.0 Å². The third-order valence-electron chi connectivity index (χ3n) is 3.92. The Morgan fingerprint density at radius 3 is 2.13 bits per heavy atom. The maximum Gasteiger partial charge on any atom is 0.240 e. The highest BCUT2D eigenvalue weighted by Crippen LogP contribution is 2.20. The van der Waals surface area contributed by atoms with Crippen LogP contribution < -0.4 is 4.72 Å². The van der Waals surface area contributed by atoms with E-state index in [1.807, 2.05) is 32.0 Å². The van der Waals surface area contributed by atoms with E-state index >= 15 is 0 Å². The van der Waals surface area contributed by atoms with E-state index in [9.17, 15) is 13.5 Å². The van der Waals surface area contributed by atoms with Gasteiger partial charge in [0.1, 0.15) is 0 Å². The molecule has 0 amide bonds. The molecule has 2 N–H and O–H groups in total. The average Bonchev–Trinajstić information content (AvgIpc) is 2.47. The molecule has 0 aliphatic carbocycles. The zero-order valence-corrected chi connectivity index (χ0v) is 14.7. The first-order chi connectivity index (χ1) is 10.6. The van der Waals surface area contributed by atoms with Crippen molar-refractivity contribution in [2.75, 3.05) is 0 Å². The van der Waals surface area contributed by atoms with Gasteiger partial charge in [-0.1, -0.05) is 30.3 Å². The number of aliphatic hydroxyl groups is 1. The van der Waals surface area contributed by atoms with Gasteiger partial charge in [-0.15, -0.1) is 0 Å². The predicted molar refractivity (Wildman–Crippen MR) is 91.6 cm³/mol. The average molecular weight is 333 g/mol. The summed E-state index contributed by atoms with van der Waals surface area (Å²) in [6.45, 7) is 7.48. The first kappa shape index (κ1) is 17.7. The minimum atomic E-state index is -3.54. The summed E-state index contributed by atoms with van der Waals surface area (Å²) in [4.78, 5) is 0.272. The molecule has 124 valence electrons. The fourth-order valence-corrected chi connectivity index (χ4v) is 3.28. The molecule has 4 nitrogen and oxygen atoms in total. The van der Waals surface area contributed by atoms with E-state index in [-0.39, 0.29) is 11.4 Å². The Labute approximate surface area is 138 Å². The molecule has 0 saturated carbocycles. The van der Waals surface area contributed by atoms with Crippen LogP contribution in [0.3, 0.4) is 0 Å². The van der Waals surface area contributed by atoms with Crippen molar-refractivity contribution in [3.05, 3.63) is 64.7 Å². The van der Waals surface area contributed by atoms with E-state index in [0.717, 1.165) is 22.3 Å². The van der Waals surface area contributed by atoms with Crippen LogP contribution in [0.4, 0.5) is 0 Å². The highest BCUT2D eigenvalue weighted by Gasteiger charge is 2.16. The molecule has 0 saturated heterocycles. The number of hydrogen-bond acceptors (Lipinski definition) is 3. The Kier molecular flexibility index (Phi) is 4.94. The minimum Gasteiger partial charge on any atom is -0.386 e. The van der Waals surface area contributed by atoms with Crippen LogP contribution in [0.5, 0.6) is 0 Å². The summed E-state index contributed by atoms with van der Waals surface area (Å²) >= 11 is 0. The first-order valence-corrected chi connectivity index (χ1v) is 8.96. The van der Waals surface area contributed by atoms with Crippen molar-refractivity contribution in [2.45, 2.75) is 44.7 Å². The topological polar surface area (TPSA) is 66.4 Å². The fraction of sp³-hybridized carbons (Fsp3) is 0.333. The summed E-state index contributed by atoms with van der Waals surface area (Å²) in [5.41, 5.74) is 2.73. The maximum absolute atomic E-state index is 12.3. The van der Waals surface area contributed by atoms with Gasteiger partial charge >= 0.3 is 0 Å². The lowest BCUT2D eigenvalue weighted by Crippen LogP contribution is -2.23. The van der Waals surface area contributed by atoms with E-state index in [2.05, 4.69) is 4.72 Å². The molecule has 0 aliphatic rings. The lowest BCUT2D eigenvalue weighted by atomic mass is 9.97. The van der Waals surface area contributed by atoms with Gasteiger partial charge in [0, 0.05) is 6.54 Å². The normalized spacial score (nSPS) is 12.4. The Morgan fingerprint density at radius 2 is 1.61 bits per heavy atom. The van der Waals surface area contributed by atoms with E-state index in [1.54, 1.807) is 38.1 Å². The van der Waals surface area contributed by atoms with Crippen LogP contribution in [0, 0.1) is 13.8 Å². The first-order valence-electron chi connectivity index (χ1n) is 7.48. The molecular formula is C18H23NO3S. The molecule has 0 heterocycles. The second kappa shape index (κ2) is 6.43. The van der Waals surface area contributed by atoms with Crippen molar-refractivity contribution < 1.29 is 13.5 Å². The van der Waals surface area contributed by atoms with E-state index in [1.165, 1.54) is 0 Å². The number of hydrogen-bond donors (Lipinski definition) is 2. The van der Waals surface area contributed by atoms with Gasteiger partial charge in [0.05, 0.1) is 10.5 Å². The largest absolute Gasteiger partial charge is 0.386 e. The summed E-state index contributed by atoms with van der Waals surface area (Å²) in [6.07, 6.45) is 0. The summed E-state index contributed by atoms with van der Waals surface area (Å²) in [5, 5.41) is 9.92. The highest BCUT2D eigenvalue weighted by atomic mass is 32.2. The summed E-state index contributed by atoms with van der Waals surface area (Å²) in [7, 11) is -3.54. The van der Waals surface area contributed by atoms with Crippen molar-refractivity contribution >= 4 is 10.0 Å². The van der Waals surface area contributed by atoms with Gasteiger partial charge in [-0.2, -0.15) is 0 Å². The lowest BCUT2D eigenvalue weighted by molar-refractivity contribution is 0.0786. The van der Waals surface area contributed by atoms with E-state index in [0.29, 0.717) is 0 Å². The number of benzene rings is 2. The molecule has 0 aromatic heterocycles. The molecule has 0 radical (unpaired) electrons. The molecule has 0 atom stereocenters. The Bertz CT molecular complexity index is 788. The van der Waals surface area contributed by atoms with Crippen molar-refractivity contribution in [1.82, 2.24) is 4.72 Å². The van der Waals surface area contributed by atoms with Crippen LogP contribution in [-0.4, -0.2) is 13.5 Å². The maximum atomic E-state index is 12.3. The van der Waals surface area contributed by atoms with Gasteiger partial charge in [-0.05, 0) is 62.1 Å². The molecule has 5 heteroatoms. The van der Waals surface area contributed by atoms with Gasteiger partial charge in [0.15, 0.2) is 0 Å². The molecule has 0 aliphatic heterocycles. The van der Waals surface area contributed by atoms with Crippen LogP contribution in [0.2, 0.25) is 0 Å². The third-order valence-corrected chi connectivity index (χ3v) is 5.31. The standard InChI is InChI=1S/C18H23NO3S/c1-13-5-10-17(11-14(13)2)23(21,22)19-12-15-6-8-16(9-7-15)18(3,4)20/h5-11,19-20H,12H2,1-4H3. The number of aryl methyl sites for hydroxylation is 2. The van der Waals surface area contributed by atoms with Crippen LogP contribution in [0.25, 0.3) is 0 Å². The monoisotopic (exact) mass is 333 g/mol. The van der Waals surface area contributed by atoms with Gasteiger partial charge < -0.3 is 5.11 Å². The summed E-state index contributed by atoms with van der Waals surface area (Å²) < 4.78 is 27.3. The molecule has 2 rings (SSSR count). The smallest absolute Gasteiger partial charge is 0.240 e. The van der Waals surface area contributed by atoms with Crippen LogP contribution in [-0.2, 0) is 22.2 Å². The van der Waals surface area contributed by atoms with E-state index < -0.39 is 15.6 Å². The second-order valence-electron chi connectivity index (χ2n) is 6.33. The summed E-state index contributed by atoms with van der Waals surface area (Å²) in [5.74, 6) is 0. The highest BCUT2D eigenvalue weighted by molar-refractivity contribution is 7.89.